The number of para-hydroxylation sites is 1. The fourth-order valence-electron chi connectivity index (χ4n) is 3.94. The third-order valence-electron chi connectivity index (χ3n) is 5.27. The van der Waals surface area contributed by atoms with Crippen LogP contribution in [0.1, 0.15) is 19.3 Å². The van der Waals surface area contributed by atoms with Crippen LogP contribution in [0.2, 0.25) is 0 Å². The number of carbonyl (C=O) groups is 1. The number of likely N-dealkylation sites (N-methyl/N-ethyl adjacent to an activating group) is 1. The molecular formula is C18H25N3O3. The van der Waals surface area contributed by atoms with Gasteiger partial charge in [-0.1, -0.05) is 6.07 Å². The van der Waals surface area contributed by atoms with Gasteiger partial charge in [0, 0.05) is 32.8 Å². The van der Waals surface area contributed by atoms with Gasteiger partial charge in [0.05, 0.1) is 12.2 Å². The summed E-state index contributed by atoms with van der Waals surface area (Å²) >= 11 is 0. The summed E-state index contributed by atoms with van der Waals surface area (Å²) in [5, 5.41) is 3.47. The molecule has 1 unspecified atom stereocenters. The number of benzene rings is 1. The van der Waals surface area contributed by atoms with Gasteiger partial charge in [-0.3, -0.25) is 4.79 Å². The normalized spacial score (nSPS) is 24.7. The fraction of sp³-hybridized carbons (Fsp3) is 0.611. The number of nitrogens with one attached hydrogen (secondary N) is 1. The summed E-state index contributed by atoms with van der Waals surface area (Å²) in [5.41, 5.74) is 2.04. The Morgan fingerprint density at radius 3 is 2.79 bits per heavy atom. The van der Waals surface area contributed by atoms with Gasteiger partial charge in [-0.05, 0) is 31.4 Å². The third kappa shape index (κ3) is 2.79. The SMILES string of the molecule is CN1CCOc2cccc(NC3CCN(C4CCOCC4)C3=O)c21. The lowest BCUT2D eigenvalue weighted by molar-refractivity contribution is -0.131. The predicted molar refractivity (Wildman–Crippen MR) is 92.8 cm³/mol. The summed E-state index contributed by atoms with van der Waals surface area (Å²) in [6, 6.07) is 6.20. The van der Waals surface area contributed by atoms with Crippen LogP contribution in [0.5, 0.6) is 5.75 Å². The van der Waals surface area contributed by atoms with Crippen molar-refractivity contribution in [3.63, 3.8) is 0 Å². The smallest absolute Gasteiger partial charge is 0.245 e. The van der Waals surface area contributed by atoms with Gasteiger partial charge in [0.25, 0.3) is 0 Å². The van der Waals surface area contributed by atoms with Gasteiger partial charge >= 0.3 is 0 Å². The van der Waals surface area contributed by atoms with Crippen molar-refractivity contribution in [3.05, 3.63) is 18.2 Å². The van der Waals surface area contributed by atoms with E-state index in [4.69, 9.17) is 9.47 Å². The first kappa shape index (κ1) is 15.6. The van der Waals surface area contributed by atoms with E-state index in [2.05, 4.69) is 22.2 Å². The van der Waals surface area contributed by atoms with Crippen molar-refractivity contribution in [3.8, 4) is 5.75 Å². The van der Waals surface area contributed by atoms with E-state index in [1.807, 2.05) is 18.2 Å². The second-order valence-electron chi connectivity index (χ2n) is 6.78. The molecular weight excluding hydrogens is 306 g/mol. The zero-order valence-electron chi connectivity index (χ0n) is 14.2. The predicted octanol–water partition coefficient (Wildman–Crippen LogP) is 1.71. The maximum atomic E-state index is 12.8. The summed E-state index contributed by atoms with van der Waals surface area (Å²) in [6.45, 7) is 3.93. The number of hydrogen-bond acceptors (Lipinski definition) is 5. The van der Waals surface area contributed by atoms with Crippen molar-refractivity contribution >= 4 is 17.3 Å². The summed E-state index contributed by atoms with van der Waals surface area (Å²) in [7, 11) is 2.07. The Morgan fingerprint density at radius 2 is 1.96 bits per heavy atom. The number of carbonyl (C=O) groups excluding carboxylic acids is 1. The molecule has 3 heterocycles. The Bertz CT molecular complexity index is 616. The highest BCUT2D eigenvalue weighted by Gasteiger charge is 2.37. The lowest BCUT2D eigenvalue weighted by atomic mass is 10.1. The van der Waals surface area contributed by atoms with E-state index >= 15 is 0 Å². The number of ether oxygens (including phenoxy) is 2. The number of amides is 1. The molecule has 2 fully saturated rings. The average molecular weight is 331 g/mol. The summed E-state index contributed by atoms with van der Waals surface area (Å²) < 4.78 is 11.2. The second-order valence-corrected chi connectivity index (χ2v) is 6.78. The van der Waals surface area contributed by atoms with Crippen molar-refractivity contribution in [2.24, 2.45) is 0 Å². The fourth-order valence-corrected chi connectivity index (χ4v) is 3.94. The molecule has 1 amide bonds. The molecule has 0 saturated carbocycles. The molecule has 3 aliphatic rings. The van der Waals surface area contributed by atoms with Gasteiger partial charge in [0.2, 0.25) is 5.91 Å². The van der Waals surface area contributed by atoms with Gasteiger partial charge in [-0.2, -0.15) is 0 Å². The average Bonchev–Trinajstić information content (AvgIpc) is 2.97. The quantitative estimate of drug-likeness (QED) is 0.914. The highest BCUT2D eigenvalue weighted by molar-refractivity contribution is 5.89. The van der Waals surface area contributed by atoms with Gasteiger partial charge in [0.15, 0.2) is 0 Å². The third-order valence-corrected chi connectivity index (χ3v) is 5.27. The Hall–Kier alpha value is -1.95. The number of rotatable bonds is 3. The summed E-state index contributed by atoms with van der Waals surface area (Å²) in [5.74, 6) is 1.11. The van der Waals surface area contributed by atoms with Crippen LogP contribution in [0, 0.1) is 0 Å². The van der Waals surface area contributed by atoms with Gasteiger partial charge in [0.1, 0.15) is 24.1 Å². The van der Waals surface area contributed by atoms with Crippen LogP contribution in [0.4, 0.5) is 11.4 Å². The molecule has 1 N–H and O–H groups in total. The minimum atomic E-state index is -0.144. The van der Waals surface area contributed by atoms with Crippen LogP contribution in [0.15, 0.2) is 18.2 Å². The molecule has 3 aliphatic heterocycles. The topological polar surface area (TPSA) is 54.0 Å². The number of nitrogens with zero attached hydrogens (tertiary/aromatic N) is 2. The van der Waals surface area contributed by atoms with Gasteiger partial charge in [-0.15, -0.1) is 0 Å². The molecule has 6 nitrogen and oxygen atoms in total. The largest absolute Gasteiger partial charge is 0.489 e. The Labute approximate surface area is 142 Å². The first-order valence-electron chi connectivity index (χ1n) is 8.86. The minimum Gasteiger partial charge on any atom is -0.489 e. The van der Waals surface area contributed by atoms with E-state index in [-0.39, 0.29) is 11.9 Å². The molecule has 130 valence electrons. The molecule has 0 radical (unpaired) electrons. The molecule has 2 saturated heterocycles. The lowest BCUT2D eigenvalue weighted by Gasteiger charge is -2.32. The van der Waals surface area contributed by atoms with Crippen molar-refractivity contribution in [2.75, 3.05) is 50.2 Å². The van der Waals surface area contributed by atoms with Crippen molar-refractivity contribution < 1.29 is 14.3 Å². The summed E-state index contributed by atoms with van der Waals surface area (Å²) in [6.07, 6.45) is 2.76. The zero-order chi connectivity index (χ0) is 16.5. The maximum absolute atomic E-state index is 12.8. The molecule has 1 aromatic rings. The molecule has 24 heavy (non-hydrogen) atoms. The van der Waals surface area contributed by atoms with Crippen molar-refractivity contribution in [1.29, 1.82) is 0 Å². The van der Waals surface area contributed by atoms with Crippen molar-refractivity contribution in [1.82, 2.24) is 4.90 Å². The van der Waals surface area contributed by atoms with Crippen LogP contribution in [0.25, 0.3) is 0 Å². The molecule has 0 spiro atoms. The van der Waals surface area contributed by atoms with E-state index in [1.165, 1.54) is 0 Å². The number of hydrogen-bond donors (Lipinski definition) is 1. The molecule has 4 rings (SSSR count). The Balaban J connectivity index is 1.49. The molecule has 0 bridgehead atoms. The van der Waals surface area contributed by atoms with Crippen molar-refractivity contribution in [2.45, 2.75) is 31.3 Å². The van der Waals surface area contributed by atoms with Gasteiger partial charge in [-0.25, -0.2) is 0 Å². The minimum absolute atomic E-state index is 0.144. The molecule has 0 aliphatic carbocycles. The Morgan fingerprint density at radius 1 is 1.12 bits per heavy atom. The van der Waals surface area contributed by atoms with Crippen LogP contribution >= 0.6 is 0 Å². The van der Waals surface area contributed by atoms with E-state index in [0.29, 0.717) is 12.6 Å². The highest BCUT2D eigenvalue weighted by atomic mass is 16.5. The van der Waals surface area contributed by atoms with Crippen LogP contribution in [-0.2, 0) is 9.53 Å². The number of likely N-dealkylation sites (tertiary alicyclic amines) is 1. The monoisotopic (exact) mass is 331 g/mol. The molecule has 6 heteroatoms. The van der Waals surface area contributed by atoms with Crippen LogP contribution in [-0.4, -0.2) is 62.8 Å². The van der Waals surface area contributed by atoms with Gasteiger partial charge < -0.3 is 24.6 Å². The second kappa shape index (κ2) is 6.51. The highest BCUT2D eigenvalue weighted by Crippen LogP contribution is 2.38. The van der Waals surface area contributed by atoms with E-state index in [0.717, 1.165) is 62.7 Å². The lowest BCUT2D eigenvalue weighted by Crippen LogP contribution is -2.43. The molecule has 0 aromatic heterocycles. The summed E-state index contributed by atoms with van der Waals surface area (Å²) in [4.78, 5) is 17.1. The zero-order valence-corrected chi connectivity index (χ0v) is 14.2. The number of fused-ring (bicyclic) bond motifs is 1. The van der Waals surface area contributed by atoms with Crippen LogP contribution < -0.4 is 15.0 Å². The van der Waals surface area contributed by atoms with E-state index in [1.54, 1.807) is 0 Å². The first-order chi connectivity index (χ1) is 11.7. The maximum Gasteiger partial charge on any atom is 0.245 e. The number of anilines is 2. The molecule has 1 atom stereocenters. The first-order valence-corrected chi connectivity index (χ1v) is 8.86. The van der Waals surface area contributed by atoms with E-state index in [9.17, 15) is 4.79 Å². The van der Waals surface area contributed by atoms with Crippen LogP contribution in [0.3, 0.4) is 0 Å². The van der Waals surface area contributed by atoms with E-state index < -0.39 is 0 Å². The molecule has 1 aromatic carbocycles. The standard InChI is InChI=1S/C18H25N3O3/c1-20-9-12-24-16-4-2-3-14(17(16)20)19-15-5-8-21(18(15)22)13-6-10-23-11-7-13/h2-4,13,15,19H,5-12H2,1H3. The Kier molecular flexibility index (Phi) is 4.22.